The SMILES string of the molecule is CCC(CC)[C@H](Oc1ccc(Cl)cc1Cl)[C@H](C)OC(=O)[C@H](C)CC(=O)c1nccc(OC)c1O. The van der Waals surface area contributed by atoms with Crippen LogP contribution in [-0.4, -0.2) is 41.2 Å². The van der Waals surface area contributed by atoms with Crippen molar-refractivity contribution >= 4 is 35.0 Å². The van der Waals surface area contributed by atoms with Crippen molar-refractivity contribution in [2.45, 2.75) is 59.2 Å². The van der Waals surface area contributed by atoms with E-state index in [2.05, 4.69) is 4.98 Å². The number of pyridine rings is 1. The summed E-state index contributed by atoms with van der Waals surface area (Å²) in [6.07, 6.45) is 1.73. The lowest BCUT2D eigenvalue weighted by Gasteiger charge is -2.32. The minimum atomic E-state index is -0.760. The zero-order chi connectivity index (χ0) is 25.4. The number of carbonyl (C=O) groups is 2. The maximum atomic E-state index is 12.8. The number of benzene rings is 1. The maximum absolute atomic E-state index is 12.8. The minimum Gasteiger partial charge on any atom is -0.503 e. The van der Waals surface area contributed by atoms with Crippen LogP contribution in [-0.2, 0) is 9.53 Å². The number of ketones is 1. The van der Waals surface area contributed by atoms with Crippen LogP contribution in [0.15, 0.2) is 30.5 Å². The fourth-order valence-electron chi connectivity index (χ4n) is 3.68. The molecule has 2 rings (SSSR count). The molecule has 34 heavy (non-hydrogen) atoms. The van der Waals surface area contributed by atoms with Gasteiger partial charge in [-0.3, -0.25) is 9.59 Å². The first-order valence-electron chi connectivity index (χ1n) is 11.2. The van der Waals surface area contributed by atoms with Crippen molar-refractivity contribution in [3.05, 3.63) is 46.2 Å². The van der Waals surface area contributed by atoms with Crippen LogP contribution in [0.1, 0.15) is 57.4 Å². The summed E-state index contributed by atoms with van der Waals surface area (Å²) in [7, 11) is 1.38. The summed E-state index contributed by atoms with van der Waals surface area (Å²) in [5.41, 5.74) is -0.150. The van der Waals surface area contributed by atoms with Gasteiger partial charge in [0.15, 0.2) is 23.0 Å². The molecule has 9 heteroatoms. The Morgan fingerprint density at radius 1 is 1.09 bits per heavy atom. The lowest BCUT2D eigenvalue weighted by atomic mass is 9.92. The van der Waals surface area contributed by atoms with E-state index in [1.54, 1.807) is 32.0 Å². The van der Waals surface area contributed by atoms with E-state index in [-0.39, 0.29) is 29.5 Å². The molecule has 1 aromatic carbocycles. The first kappa shape index (κ1) is 27.7. The fourth-order valence-corrected chi connectivity index (χ4v) is 4.13. The normalized spacial score (nSPS) is 13.8. The molecule has 0 aliphatic rings. The molecule has 0 radical (unpaired) electrons. The summed E-state index contributed by atoms with van der Waals surface area (Å²) in [6, 6.07) is 6.40. The molecule has 7 nitrogen and oxygen atoms in total. The van der Waals surface area contributed by atoms with Crippen molar-refractivity contribution in [1.82, 2.24) is 4.98 Å². The number of rotatable bonds is 12. The summed E-state index contributed by atoms with van der Waals surface area (Å²) in [5.74, 6) is -1.47. The summed E-state index contributed by atoms with van der Waals surface area (Å²) < 4.78 is 16.9. The van der Waals surface area contributed by atoms with Gasteiger partial charge < -0.3 is 19.3 Å². The van der Waals surface area contributed by atoms with Gasteiger partial charge in [-0.2, -0.15) is 0 Å². The van der Waals surface area contributed by atoms with Crippen LogP contribution in [0.3, 0.4) is 0 Å². The highest BCUT2D eigenvalue weighted by molar-refractivity contribution is 6.35. The molecule has 1 N–H and O–H groups in total. The standard InChI is InChI=1S/C25H31Cl2NO6/c1-6-16(7-2)24(34-20-9-8-17(26)13-18(20)27)15(4)33-25(31)14(3)12-19(29)22-23(30)21(32-5)10-11-28-22/h8-11,13-16,24,30H,6-7,12H2,1-5H3/t14-,15+,24-/m1/s1. The molecule has 0 saturated heterocycles. The van der Waals surface area contributed by atoms with Gasteiger partial charge in [-0.15, -0.1) is 0 Å². The highest BCUT2D eigenvalue weighted by Gasteiger charge is 2.32. The molecule has 1 heterocycles. The predicted molar refractivity (Wildman–Crippen MR) is 131 cm³/mol. The van der Waals surface area contributed by atoms with Crippen molar-refractivity contribution in [2.75, 3.05) is 7.11 Å². The number of nitrogens with zero attached hydrogens (tertiary/aromatic N) is 1. The summed E-state index contributed by atoms with van der Waals surface area (Å²) >= 11 is 12.3. The van der Waals surface area contributed by atoms with Crippen LogP contribution in [0, 0.1) is 11.8 Å². The summed E-state index contributed by atoms with van der Waals surface area (Å²) in [5, 5.41) is 11.0. The van der Waals surface area contributed by atoms with E-state index >= 15 is 0 Å². The first-order valence-corrected chi connectivity index (χ1v) is 12.0. The van der Waals surface area contributed by atoms with Crippen LogP contribution in [0.4, 0.5) is 0 Å². The molecule has 0 saturated carbocycles. The van der Waals surface area contributed by atoms with Crippen molar-refractivity contribution in [2.24, 2.45) is 11.8 Å². The molecule has 1 aromatic heterocycles. The van der Waals surface area contributed by atoms with Crippen LogP contribution in [0.2, 0.25) is 10.0 Å². The van der Waals surface area contributed by atoms with E-state index < -0.39 is 29.9 Å². The third kappa shape index (κ3) is 7.00. The van der Waals surface area contributed by atoms with Crippen molar-refractivity contribution in [3.63, 3.8) is 0 Å². The number of carbonyl (C=O) groups excluding carboxylic acids is 2. The second-order valence-corrected chi connectivity index (χ2v) is 8.96. The Bertz CT molecular complexity index is 995. The number of esters is 1. The van der Waals surface area contributed by atoms with Crippen LogP contribution in [0.25, 0.3) is 0 Å². The Morgan fingerprint density at radius 3 is 2.35 bits per heavy atom. The Morgan fingerprint density at radius 2 is 1.76 bits per heavy atom. The third-order valence-corrected chi connectivity index (χ3v) is 6.23. The number of halogens is 2. The molecule has 0 unspecified atom stereocenters. The number of hydrogen-bond acceptors (Lipinski definition) is 7. The molecule has 0 aliphatic heterocycles. The van der Waals surface area contributed by atoms with Gasteiger partial charge in [0.2, 0.25) is 0 Å². The van der Waals surface area contributed by atoms with Gasteiger partial charge in [-0.1, -0.05) is 44.0 Å². The van der Waals surface area contributed by atoms with Gasteiger partial charge in [0.05, 0.1) is 18.1 Å². The number of ether oxygens (including phenoxy) is 3. The summed E-state index contributed by atoms with van der Waals surface area (Å²) in [6.45, 7) is 7.43. The monoisotopic (exact) mass is 511 g/mol. The largest absolute Gasteiger partial charge is 0.503 e. The molecule has 0 fully saturated rings. The Kier molecular flexibility index (Phi) is 10.5. The molecular formula is C25H31Cl2NO6. The number of hydrogen-bond donors (Lipinski definition) is 1. The van der Waals surface area contributed by atoms with Crippen molar-refractivity contribution < 1.29 is 28.9 Å². The van der Waals surface area contributed by atoms with Crippen LogP contribution in [0.5, 0.6) is 17.2 Å². The zero-order valence-corrected chi connectivity index (χ0v) is 21.5. The van der Waals surface area contributed by atoms with Gasteiger partial charge in [0.1, 0.15) is 18.0 Å². The van der Waals surface area contributed by atoms with Crippen LogP contribution < -0.4 is 9.47 Å². The summed E-state index contributed by atoms with van der Waals surface area (Å²) in [4.78, 5) is 29.4. The highest BCUT2D eigenvalue weighted by atomic mass is 35.5. The van der Waals surface area contributed by atoms with Gasteiger partial charge in [0, 0.05) is 23.7 Å². The van der Waals surface area contributed by atoms with Gasteiger partial charge in [-0.05, 0) is 43.9 Å². The lowest BCUT2D eigenvalue weighted by molar-refractivity contribution is -0.158. The Labute approximate surface area is 210 Å². The number of aromatic hydroxyl groups is 1. The molecule has 3 atom stereocenters. The highest BCUT2D eigenvalue weighted by Crippen LogP contribution is 2.32. The molecule has 0 bridgehead atoms. The van der Waals surface area contributed by atoms with Crippen molar-refractivity contribution in [1.29, 1.82) is 0 Å². The first-order chi connectivity index (χ1) is 16.1. The van der Waals surface area contributed by atoms with Gasteiger partial charge >= 0.3 is 5.97 Å². The van der Waals surface area contributed by atoms with E-state index in [1.165, 1.54) is 19.4 Å². The van der Waals surface area contributed by atoms with E-state index in [9.17, 15) is 14.7 Å². The molecule has 2 aromatic rings. The average Bonchev–Trinajstić information content (AvgIpc) is 2.80. The molecule has 0 aliphatic carbocycles. The van der Waals surface area contributed by atoms with Gasteiger partial charge in [0.25, 0.3) is 0 Å². The van der Waals surface area contributed by atoms with Crippen molar-refractivity contribution in [3.8, 4) is 17.2 Å². The molecule has 0 amide bonds. The van der Waals surface area contributed by atoms with E-state index in [0.29, 0.717) is 15.8 Å². The number of Topliss-reactive ketones (excluding diaryl/α,β-unsaturated/α-hetero) is 1. The topological polar surface area (TPSA) is 95.0 Å². The predicted octanol–water partition coefficient (Wildman–Crippen LogP) is 6.13. The number of aromatic nitrogens is 1. The van der Waals surface area contributed by atoms with E-state index in [0.717, 1.165) is 12.8 Å². The maximum Gasteiger partial charge on any atom is 0.309 e. The second kappa shape index (κ2) is 12.8. The average molecular weight is 512 g/mol. The Hall–Kier alpha value is -2.51. The fraction of sp³-hybridized carbons (Fsp3) is 0.480. The van der Waals surface area contributed by atoms with E-state index in [4.69, 9.17) is 37.4 Å². The molecule has 186 valence electrons. The van der Waals surface area contributed by atoms with Gasteiger partial charge in [-0.25, -0.2) is 4.98 Å². The number of methoxy groups -OCH3 is 1. The zero-order valence-electron chi connectivity index (χ0n) is 20.0. The van der Waals surface area contributed by atoms with Crippen LogP contribution >= 0.6 is 23.2 Å². The molecular weight excluding hydrogens is 481 g/mol. The minimum absolute atomic E-state index is 0.101. The molecule has 0 spiro atoms. The third-order valence-electron chi connectivity index (χ3n) is 5.70. The Balaban J connectivity index is 2.12. The second-order valence-electron chi connectivity index (χ2n) is 8.11. The lowest BCUT2D eigenvalue weighted by Crippen LogP contribution is -2.40. The van der Waals surface area contributed by atoms with E-state index in [1.807, 2.05) is 13.8 Å². The smallest absolute Gasteiger partial charge is 0.309 e. The quantitative estimate of drug-likeness (QED) is 0.270.